The summed E-state index contributed by atoms with van der Waals surface area (Å²) >= 11 is 0. The van der Waals surface area contributed by atoms with Crippen LogP contribution >= 0.6 is 0 Å². The van der Waals surface area contributed by atoms with Gasteiger partial charge < -0.3 is 10.1 Å². The number of aryl methyl sites for hydroxylation is 1. The van der Waals surface area contributed by atoms with Gasteiger partial charge in [-0.3, -0.25) is 9.59 Å². The smallest absolute Gasteiger partial charge is 0.422 e. The number of alkyl halides is 3. The van der Waals surface area contributed by atoms with E-state index in [1.165, 1.54) is 18.2 Å². The first-order valence-electron chi connectivity index (χ1n) is 9.45. The van der Waals surface area contributed by atoms with E-state index < -0.39 is 24.7 Å². The van der Waals surface area contributed by atoms with Gasteiger partial charge in [-0.25, -0.2) is 15.0 Å². The summed E-state index contributed by atoms with van der Waals surface area (Å²) in [7, 11) is 0. The molecular weight excluding hydrogens is 401 g/mol. The lowest BCUT2D eigenvalue weighted by Crippen LogP contribution is -2.29. The molecule has 1 aliphatic carbocycles. The van der Waals surface area contributed by atoms with E-state index in [1.54, 1.807) is 19.9 Å². The summed E-state index contributed by atoms with van der Waals surface area (Å²) in [5, 5.41) is 2.70. The first-order valence-corrected chi connectivity index (χ1v) is 9.45. The number of aromatic nitrogens is 3. The van der Waals surface area contributed by atoms with Crippen LogP contribution in [0.5, 0.6) is 5.88 Å². The summed E-state index contributed by atoms with van der Waals surface area (Å²) in [5.41, 5.74) is 0.998. The molecule has 1 N–H and O–H groups in total. The van der Waals surface area contributed by atoms with Crippen LogP contribution in [0.2, 0.25) is 0 Å². The number of carbonyl (C=O) groups excluding carboxylic acids is 2. The maximum Gasteiger partial charge on any atom is 0.422 e. The Balaban J connectivity index is 1.66. The molecule has 0 bridgehead atoms. The van der Waals surface area contributed by atoms with E-state index in [4.69, 9.17) is 0 Å². The highest BCUT2D eigenvalue weighted by Crippen LogP contribution is 2.30. The zero-order chi connectivity index (χ0) is 21.9. The predicted molar refractivity (Wildman–Crippen MR) is 99.9 cm³/mol. The Bertz CT molecular complexity index is 945. The Hall–Kier alpha value is -3.04. The van der Waals surface area contributed by atoms with Gasteiger partial charge in [0, 0.05) is 17.7 Å². The number of hydrogen-bond donors (Lipinski definition) is 1. The van der Waals surface area contributed by atoms with Crippen LogP contribution in [-0.4, -0.2) is 39.4 Å². The molecule has 2 aromatic rings. The van der Waals surface area contributed by atoms with Crippen molar-refractivity contribution in [3.63, 3.8) is 0 Å². The lowest BCUT2D eigenvalue weighted by atomic mass is 10.1. The van der Waals surface area contributed by atoms with Crippen LogP contribution < -0.4 is 10.1 Å². The minimum Gasteiger partial charge on any atom is -0.468 e. The van der Waals surface area contributed by atoms with Gasteiger partial charge in [-0.15, -0.1) is 0 Å². The topological polar surface area (TPSA) is 94.1 Å². The minimum atomic E-state index is -4.47. The Morgan fingerprint density at radius 3 is 2.63 bits per heavy atom. The van der Waals surface area contributed by atoms with Crippen LogP contribution in [0.25, 0.3) is 0 Å². The molecule has 2 aromatic heterocycles. The molecule has 160 valence electrons. The SMILES string of the molecule is Cc1cc(C(=O)NC(C)c2cccc(OCC(F)(F)F)n2)nc(CC(=O)C2CC2)n1. The van der Waals surface area contributed by atoms with Crippen molar-refractivity contribution >= 4 is 11.7 Å². The lowest BCUT2D eigenvalue weighted by Gasteiger charge is -2.15. The van der Waals surface area contributed by atoms with E-state index in [2.05, 4.69) is 25.0 Å². The molecule has 2 heterocycles. The number of Topliss-reactive ketones (excluding diaryl/α,β-unsaturated/α-hetero) is 1. The van der Waals surface area contributed by atoms with E-state index in [9.17, 15) is 22.8 Å². The average molecular weight is 422 g/mol. The van der Waals surface area contributed by atoms with Crippen molar-refractivity contribution in [2.75, 3.05) is 6.61 Å². The first kappa shape index (κ1) is 21.7. The Kier molecular flexibility index (Phi) is 6.33. The summed E-state index contributed by atoms with van der Waals surface area (Å²) in [5.74, 6) is -0.254. The van der Waals surface area contributed by atoms with Gasteiger partial charge in [0.25, 0.3) is 5.91 Å². The molecule has 1 saturated carbocycles. The van der Waals surface area contributed by atoms with Crippen molar-refractivity contribution in [2.45, 2.75) is 45.3 Å². The minimum absolute atomic E-state index is 0.0696. The van der Waals surface area contributed by atoms with Gasteiger partial charge in [0.05, 0.1) is 18.2 Å². The normalized spacial score (nSPS) is 14.8. The number of halogens is 3. The van der Waals surface area contributed by atoms with Gasteiger partial charge >= 0.3 is 6.18 Å². The second-order valence-corrected chi connectivity index (χ2v) is 7.23. The Morgan fingerprint density at radius 2 is 1.97 bits per heavy atom. The highest BCUT2D eigenvalue weighted by Gasteiger charge is 2.30. The first-order chi connectivity index (χ1) is 14.1. The summed E-state index contributed by atoms with van der Waals surface area (Å²) < 4.78 is 41.6. The summed E-state index contributed by atoms with van der Waals surface area (Å²) in [6.45, 7) is 1.89. The lowest BCUT2D eigenvalue weighted by molar-refractivity contribution is -0.154. The number of ether oxygens (including phenoxy) is 1. The van der Waals surface area contributed by atoms with Crippen LogP contribution in [0, 0.1) is 12.8 Å². The van der Waals surface area contributed by atoms with E-state index >= 15 is 0 Å². The van der Waals surface area contributed by atoms with Crippen molar-refractivity contribution in [1.29, 1.82) is 0 Å². The number of amides is 1. The van der Waals surface area contributed by atoms with Crippen LogP contribution in [0.4, 0.5) is 13.2 Å². The fraction of sp³-hybridized carbons (Fsp3) is 0.450. The maximum atomic E-state index is 12.6. The molecule has 0 saturated heterocycles. The molecule has 30 heavy (non-hydrogen) atoms. The molecule has 3 rings (SSSR count). The fourth-order valence-corrected chi connectivity index (χ4v) is 2.78. The quantitative estimate of drug-likeness (QED) is 0.703. The number of pyridine rings is 1. The van der Waals surface area contributed by atoms with Crippen molar-refractivity contribution in [2.24, 2.45) is 5.92 Å². The molecule has 7 nitrogen and oxygen atoms in total. The Morgan fingerprint density at radius 1 is 1.23 bits per heavy atom. The summed E-state index contributed by atoms with van der Waals surface area (Å²) in [6, 6.07) is 5.26. The number of rotatable bonds is 8. The number of nitrogens with zero attached hydrogens (tertiary/aromatic N) is 3. The molecule has 1 aliphatic rings. The van der Waals surface area contributed by atoms with Gasteiger partial charge in [0.2, 0.25) is 5.88 Å². The molecule has 1 atom stereocenters. The van der Waals surface area contributed by atoms with Crippen LogP contribution in [0.15, 0.2) is 24.3 Å². The third-order valence-electron chi connectivity index (χ3n) is 4.42. The molecule has 1 fully saturated rings. The number of carbonyl (C=O) groups is 2. The van der Waals surface area contributed by atoms with E-state index in [-0.39, 0.29) is 29.7 Å². The van der Waals surface area contributed by atoms with Gasteiger partial charge in [-0.1, -0.05) is 6.07 Å². The number of ketones is 1. The van der Waals surface area contributed by atoms with E-state index in [0.29, 0.717) is 17.2 Å². The van der Waals surface area contributed by atoms with Crippen molar-refractivity contribution in [3.05, 3.63) is 47.2 Å². The van der Waals surface area contributed by atoms with Gasteiger partial charge in [-0.05, 0) is 38.8 Å². The largest absolute Gasteiger partial charge is 0.468 e. The Labute approximate surface area is 171 Å². The standard InChI is InChI=1S/C20H21F3N4O3/c1-11-8-15(26-17(24-11)9-16(28)13-6-7-13)19(29)25-12(2)14-4-3-5-18(27-14)30-10-20(21,22)23/h3-5,8,12-13H,6-7,9-10H2,1-2H3,(H,25,29). The molecule has 0 spiro atoms. The molecule has 1 unspecified atom stereocenters. The van der Waals surface area contributed by atoms with Gasteiger partial charge in [0.15, 0.2) is 6.61 Å². The predicted octanol–water partition coefficient (Wildman–Crippen LogP) is 3.13. The molecule has 0 radical (unpaired) electrons. The molecule has 1 amide bonds. The number of nitrogens with one attached hydrogen (secondary N) is 1. The third-order valence-corrected chi connectivity index (χ3v) is 4.42. The summed E-state index contributed by atoms with van der Waals surface area (Å²) in [6.07, 6.45) is -2.62. The molecule has 0 aromatic carbocycles. The van der Waals surface area contributed by atoms with E-state index in [1.807, 2.05) is 0 Å². The molecule has 0 aliphatic heterocycles. The van der Waals surface area contributed by atoms with E-state index in [0.717, 1.165) is 12.8 Å². The highest BCUT2D eigenvalue weighted by molar-refractivity contribution is 5.92. The van der Waals surface area contributed by atoms with Crippen LogP contribution in [-0.2, 0) is 11.2 Å². The number of hydrogen-bond acceptors (Lipinski definition) is 6. The maximum absolute atomic E-state index is 12.6. The fourth-order valence-electron chi connectivity index (χ4n) is 2.78. The highest BCUT2D eigenvalue weighted by atomic mass is 19.4. The van der Waals surface area contributed by atoms with Gasteiger partial charge in [-0.2, -0.15) is 13.2 Å². The van der Waals surface area contributed by atoms with Crippen LogP contribution in [0.1, 0.15) is 53.5 Å². The molecule has 10 heteroatoms. The summed E-state index contributed by atoms with van der Waals surface area (Å²) in [4.78, 5) is 37.0. The van der Waals surface area contributed by atoms with Crippen molar-refractivity contribution in [3.8, 4) is 5.88 Å². The molecular formula is C20H21F3N4O3. The zero-order valence-electron chi connectivity index (χ0n) is 16.5. The monoisotopic (exact) mass is 422 g/mol. The van der Waals surface area contributed by atoms with Crippen molar-refractivity contribution < 1.29 is 27.5 Å². The third kappa shape index (κ3) is 6.23. The zero-order valence-corrected chi connectivity index (χ0v) is 16.5. The second kappa shape index (κ2) is 8.76. The second-order valence-electron chi connectivity index (χ2n) is 7.23. The average Bonchev–Trinajstić information content (AvgIpc) is 3.51. The van der Waals surface area contributed by atoms with Crippen molar-refractivity contribution in [1.82, 2.24) is 20.3 Å². The van der Waals surface area contributed by atoms with Gasteiger partial charge in [0.1, 0.15) is 17.3 Å². The van der Waals surface area contributed by atoms with Crippen LogP contribution in [0.3, 0.4) is 0 Å².